The van der Waals surface area contributed by atoms with E-state index < -0.39 is 5.97 Å². The first-order valence-corrected chi connectivity index (χ1v) is 6.05. The molecule has 0 unspecified atom stereocenters. The van der Waals surface area contributed by atoms with Crippen LogP contribution in [0.25, 0.3) is 5.82 Å². The number of aromatic nitrogens is 3. The summed E-state index contributed by atoms with van der Waals surface area (Å²) >= 11 is 5.95. The highest BCUT2D eigenvalue weighted by molar-refractivity contribution is 6.31. The zero-order valence-electron chi connectivity index (χ0n) is 10.6. The van der Waals surface area contributed by atoms with Crippen molar-refractivity contribution in [2.45, 2.75) is 13.8 Å². The van der Waals surface area contributed by atoms with Crippen molar-refractivity contribution in [2.24, 2.45) is 0 Å². The number of ether oxygens (including phenoxy) is 1. The van der Waals surface area contributed by atoms with Crippen molar-refractivity contribution in [3.05, 3.63) is 34.7 Å². The molecule has 0 radical (unpaired) electrons. The molecule has 19 heavy (non-hydrogen) atoms. The second-order valence-corrected chi connectivity index (χ2v) is 4.27. The van der Waals surface area contributed by atoms with E-state index in [4.69, 9.17) is 22.1 Å². The minimum absolute atomic E-state index is 0.251. The molecule has 2 rings (SSSR count). The first kappa shape index (κ1) is 13.4. The minimum atomic E-state index is -0.499. The van der Waals surface area contributed by atoms with Crippen LogP contribution in [0.4, 0.5) is 5.69 Å². The zero-order chi connectivity index (χ0) is 14.0. The van der Waals surface area contributed by atoms with E-state index in [0.717, 1.165) is 0 Å². The largest absolute Gasteiger partial charge is 0.462 e. The second-order valence-electron chi connectivity index (χ2n) is 3.87. The average Bonchev–Trinajstić information content (AvgIpc) is 2.69. The Hall–Kier alpha value is -2.08. The van der Waals surface area contributed by atoms with Crippen LogP contribution in [0.15, 0.2) is 18.5 Å². The minimum Gasteiger partial charge on any atom is -0.462 e. The molecule has 0 spiro atoms. The lowest BCUT2D eigenvalue weighted by Crippen LogP contribution is -2.12. The van der Waals surface area contributed by atoms with Crippen molar-refractivity contribution in [2.75, 3.05) is 12.3 Å². The summed E-state index contributed by atoms with van der Waals surface area (Å²) in [5, 5.41) is 4.68. The Morgan fingerprint density at radius 1 is 1.58 bits per heavy atom. The molecule has 2 aromatic rings. The normalized spacial score (nSPS) is 10.5. The van der Waals surface area contributed by atoms with E-state index in [1.165, 1.54) is 16.9 Å². The maximum atomic E-state index is 11.9. The molecule has 7 heteroatoms. The number of esters is 1. The fourth-order valence-corrected chi connectivity index (χ4v) is 1.69. The summed E-state index contributed by atoms with van der Waals surface area (Å²) in [7, 11) is 0. The number of hydrogen-bond acceptors (Lipinski definition) is 5. The molecule has 0 aliphatic heterocycles. The Morgan fingerprint density at radius 3 is 2.89 bits per heavy atom. The van der Waals surface area contributed by atoms with E-state index in [-0.39, 0.29) is 12.2 Å². The summed E-state index contributed by atoms with van der Waals surface area (Å²) in [6, 6.07) is 1.51. The molecule has 0 aromatic carbocycles. The van der Waals surface area contributed by atoms with Gasteiger partial charge in [0.25, 0.3) is 0 Å². The molecular formula is C12H13ClN4O2. The Labute approximate surface area is 115 Å². The molecular weight excluding hydrogens is 268 g/mol. The monoisotopic (exact) mass is 280 g/mol. The highest BCUT2D eigenvalue weighted by Gasteiger charge is 2.17. The van der Waals surface area contributed by atoms with Gasteiger partial charge in [0.1, 0.15) is 5.56 Å². The Kier molecular flexibility index (Phi) is 3.71. The molecule has 0 bridgehead atoms. The van der Waals surface area contributed by atoms with Crippen molar-refractivity contribution >= 4 is 23.3 Å². The number of carbonyl (C=O) groups excluding carboxylic acids is 1. The van der Waals surface area contributed by atoms with E-state index in [0.29, 0.717) is 22.2 Å². The third kappa shape index (κ3) is 2.68. The van der Waals surface area contributed by atoms with Gasteiger partial charge in [0.15, 0.2) is 5.82 Å². The number of carbonyl (C=O) groups is 1. The van der Waals surface area contributed by atoms with E-state index in [1.54, 1.807) is 20.0 Å². The molecule has 0 fully saturated rings. The zero-order valence-corrected chi connectivity index (χ0v) is 11.3. The van der Waals surface area contributed by atoms with E-state index in [9.17, 15) is 4.79 Å². The number of anilines is 1. The van der Waals surface area contributed by atoms with Crippen LogP contribution in [0, 0.1) is 6.92 Å². The average molecular weight is 281 g/mol. The van der Waals surface area contributed by atoms with Gasteiger partial charge in [-0.2, -0.15) is 5.10 Å². The summed E-state index contributed by atoms with van der Waals surface area (Å²) in [5.74, 6) is -0.163. The van der Waals surface area contributed by atoms with Crippen LogP contribution in [-0.2, 0) is 4.74 Å². The summed E-state index contributed by atoms with van der Waals surface area (Å²) < 4.78 is 6.41. The highest BCUT2D eigenvalue weighted by atomic mass is 35.5. The molecule has 0 saturated heterocycles. The van der Waals surface area contributed by atoms with E-state index in [1.807, 2.05) is 0 Å². The molecule has 0 atom stereocenters. The summed E-state index contributed by atoms with van der Waals surface area (Å²) in [4.78, 5) is 16.0. The molecule has 6 nitrogen and oxygen atoms in total. The standard InChI is InChI=1S/C12H13ClN4O2/c1-3-19-12(18)9-4-8(14)5-15-11(9)17-6-10(13)7(2)16-17/h4-6H,3,14H2,1-2H3. The van der Waals surface area contributed by atoms with Crippen LogP contribution in [-0.4, -0.2) is 27.3 Å². The van der Waals surface area contributed by atoms with Crippen LogP contribution in [0.3, 0.4) is 0 Å². The van der Waals surface area contributed by atoms with Crippen LogP contribution in [0.1, 0.15) is 23.0 Å². The van der Waals surface area contributed by atoms with Crippen LogP contribution >= 0.6 is 11.6 Å². The first-order valence-electron chi connectivity index (χ1n) is 5.67. The summed E-state index contributed by atoms with van der Waals surface area (Å²) in [6.07, 6.45) is 3.03. The number of pyridine rings is 1. The third-order valence-electron chi connectivity index (χ3n) is 2.44. The highest BCUT2D eigenvalue weighted by Crippen LogP contribution is 2.19. The number of aryl methyl sites for hydroxylation is 1. The van der Waals surface area contributed by atoms with Gasteiger partial charge in [0.2, 0.25) is 0 Å². The van der Waals surface area contributed by atoms with Crippen molar-refractivity contribution in [3.63, 3.8) is 0 Å². The van der Waals surface area contributed by atoms with Crippen molar-refractivity contribution in [3.8, 4) is 5.82 Å². The topological polar surface area (TPSA) is 83.0 Å². The lowest BCUT2D eigenvalue weighted by Gasteiger charge is -2.08. The molecule has 0 aliphatic carbocycles. The van der Waals surface area contributed by atoms with E-state index >= 15 is 0 Å². The predicted octanol–water partition coefficient (Wildman–Crippen LogP) is 1.99. The maximum absolute atomic E-state index is 11.9. The number of hydrogen-bond donors (Lipinski definition) is 1. The maximum Gasteiger partial charge on any atom is 0.342 e. The SMILES string of the molecule is CCOC(=O)c1cc(N)cnc1-n1cc(Cl)c(C)n1. The molecule has 0 saturated carbocycles. The van der Waals surface area contributed by atoms with Crippen molar-refractivity contribution in [1.82, 2.24) is 14.8 Å². The molecule has 2 N–H and O–H groups in total. The number of halogens is 1. The summed E-state index contributed by atoms with van der Waals surface area (Å²) in [6.45, 7) is 3.76. The fraction of sp³-hybridized carbons (Fsp3) is 0.250. The summed E-state index contributed by atoms with van der Waals surface area (Å²) in [5.41, 5.74) is 6.92. The lowest BCUT2D eigenvalue weighted by atomic mass is 10.2. The Morgan fingerprint density at radius 2 is 2.32 bits per heavy atom. The van der Waals surface area contributed by atoms with Gasteiger partial charge in [-0.05, 0) is 19.9 Å². The van der Waals surface area contributed by atoms with Gasteiger partial charge in [-0.3, -0.25) is 0 Å². The molecule has 2 aromatic heterocycles. The number of nitrogens with two attached hydrogens (primary N) is 1. The van der Waals surface area contributed by atoms with Gasteiger partial charge in [0, 0.05) is 0 Å². The van der Waals surface area contributed by atoms with Gasteiger partial charge in [-0.25, -0.2) is 14.5 Å². The van der Waals surface area contributed by atoms with Gasteiger partial charge < -0.3 is 10.5 Å². The van der Waals surface area contributed by atoms with Crippen LogP contribution < -0.4 is 5.73 Å². The van der Waals surface area contributed by atoms with Gasteiger partial charge in [-0.15, -0.1) is 0 Å². The Balaban J connectivity index is 2.53. The number of rotatable bonds is 3. The van der Waals surface area contributed by atoms with Gasteiger partial charge >= 0.3 is 5.97 Å². The van der Waals surface area contributed by atoms with Gasteiger partial charge in [0.05, 0.1) is 35.4 Å². The van der Waals surface area contributed by atoms with Crippen molar-refractivity contribution < 1.29 is 9.53 Å². The second kappa shape index (κ2) is 5.27. The quantitative estimate of drug-likeness (QED) is 0.869. The van der Waals surface area contributed by atoms with Crippen molar-refractivity contribution in [1.29, 1.82) is 0 Å². The number of nitrogen functional groups attached to an aromatic ring is 1. The van der Waals surface area contributed by atoms with E-state index in [2.05, 4.69) is 10.1 Å². The molecule has 0 amide bonds. The van der Waals surface area contributed by atoms with Crippen LogP contribution in [0.2, 0.25) is 5.02 Å². The van der Waals surface area contributed by atoms with Gasteiger partial charge in [-0.1, -0.05) is 11.6 Å². The number of nitrogens with zero attached hydrogens (tertiary/aromatic N) is 3. The van der Waals surface area contributed by atoms with Crippen LogP contribution in [0.5, 0.6) is 0 Å². The smallest absolute Gasteiger partial charge is 0.342 e. The lowest BCUT2D eigenvalue weighted by molar-refractivity contribution is 0.0526. The molecule has 100 valence electrons. The molecule has 2 heterocycles. The fourth-order valence-electron chi connectivity index (χ4n) is 1.56. The third-order valence-corrected chi connectivity index (χ3v) is 2.81. The first-order chi connectivity index (χ1) is 9.02. The molecule has 0 aliphatic rings. The predicted molar refractivity (Wildman–Crippen MR) is 71.5 cm³/mol. The Bertz CT molecular complexity index is 605.